The van der Waals surface area contributed by atoms with Gasteiger partial charge in [-0.1, -0.05) is 32.0 Å². The van der Waals surface area contributed by atoms with Crippen molar-refractivity contribution < 1.29 is 0 Å². The maximum absolute atomic E-state index is 5.81. The van der Waals surface area contributed by atoms with Crippen LogP contribution in [0, 0.1) is 6.92 Å². The fraction of sp³-hybridized carbons (Fsp3) is 0.286. The third-order valence-electron chi connectivity index (χ3n) is 2.90. The minimum absolute atomic E-state index is 0.412. The molecule has 0 aliphatic rings. The molecule has 1 aromatic carbocycles. The molecule has 2 rings (SSSR count). The van der Waals surface area contributed by atoms with Crippen LogP contribution in [0.5, 0.6) is 0 Å². The van der Waals surface area contributed by atoms with Crippen molar-refractivity contribution in [3.05, 3.63) is 41.7 Å². The molecule has 0 aliphatic heterocycles. The Morgan fingerprint density at radius 3 is 2.56 bits per heavy atom. The van der Waals surface area contributed by atoms with Crippen LogP contribution < -0.4 is 11.1 Å². The summed E-state index contributed by atoms with van der Waals surface area (Å²) in [5.74, 6) is 1.45. The van der Waals surface area contributed by atoms with Crippen molar-refractivity contribution in [2.24, 2.45) is 0 Å². The molecule has 4 heteroatoms. The Hall–Kier alpha value is -2.10. The van der Waals surface area contributed by atoms with Crippen molar-refractivity contribution >= 4 is 17.3 Å². The molecular formula is C14H18N4. The maximum Gasteiger partial charge on any atom is 0.173 e. The number of benzene rings is 1. The first kappa shape index (κ1) is 12.4. The van der Waals surface area contributed by atoms with E-state index in [-0.39, 0.29) is 0 Å². The van der Waals surface area contributed by atoms with Gasteiger partial charge in [0.05, 0.1) is 0 Å². The van der Waals surface area contributed by atoms with Crippen LogP contribution in [-0.2, 0) is 0 Å². The summed E-state index contributed by atoms with van der Waals surface area (Å²) in [5.41, 5.74) is 9.30. The third-order valence-corrected chi connectivity index (χ3v) is 2.90. The predicted octanol–water partition coefficient (Wildman–Crippen LogP) is 3.23. The minimum atomic E-state index is 0.412. The molecule has 1 aromatic heterocycles. The van der Waals surface area contributed by atoms with E-state index in [0.717, 1.165) is 5.69 Å². The molecule has 0 saturated carbocycles. The molecule has 4 nitrogen and oxygen atoms in total. The van der Waals surface area contributed by atoms with Gasteiger partial charge in [-0.15, -0.1) is 0 Å². The SMILES string of the molecule is Cc1cccc(C(C)C)c1Nc1nccnc1N. The largest absolute Gasteiger partial charge is 0.381 e. The topological polar surface area (TPSA) is 63.8 Å². The van der Waals surface area contributed by atoms with Crippen molar-refractivity contribution in [2.45, 2.75) is 26.7 Å². The number of aryl methyl sites for hydroxylation is 1. The molecular weight excluding hydrogens is 224 g/mol. The van der Waals surface area contributed by atoms with Crippen molar-refractivity contribution in [3.8, 4) is 0 Å². The third kappa shape index (κ3) is 2.42. The lowest BCUT2D eigenvalue weighted by Gasteiger charge is -2.17. The van der Waals surface area contributed by atoms with Gasteiger partial charge in [0.25, 0.3) is 0 Å². The summed E-state index contributed by atoms with van der Waals surface area (Å²) in [4.78, 5) is 8.25. The minimum Gasteiger partial charge on any atom is -0.381 e. The van der Waals surface area contributed by atoms with Crippen molar-refractivity contribution in [2.75, 3.05) is 11.1 Å². The van der Waals surface area contributed by atoms with E-state index in [9.17, 15) is 0 Å². The number of nitrogens with two attached hydrogens (primary N) is 1. The van der Waals surface area contributed by atoms with Gasteiger partial charge in [-0.25, -0.2) is 9.97 Å². The Kier molecular flexibility index (Phi) is 3.46. The van der Waals surface area contributed by atoms with Crippen LogP contribution in [0.3, 0.4) is 0 Å². The van der Waals surface area contributed by atoms with Crippen LogP contribution in [0.1, 0.15) is 30.9 Å². The molecule has 0 aliphatic carbocycles. The van der Waals surface area contributed by atoms with Gasteiger partial charge < -0.3 is 11.1 Å². The zero-order valence-electron chi connectivity index (χ0n) is 10.9. The lowest BCUT2D eigenvalue weighted by Crippen LogP contribution is -2.05. The van der Waals surface area contributed by atoms with Gasteiger partial charge >= 0.3 is 0 Å². The predicted molar refractivity (Wildman–Crippen MR) is 75.0 cm³/mol. The quantitative estimate of drug-likeness (QED) is 0.867. The van der Waals surface area contributed by atoms with E-state index >= 15 is 0 Å². The number of nitrogens with zero attached hydrogens (tertiary/aromatic N) is 2. The summed E-state index contributed by atoms with van der Waals surface area (Å²) in [5, 5.41) is 3.29. The zero-order chi connectivity index (χ0) is 13.1. The zero-order valence-corrected chi connectivity index (χ0v) is 10.9. The normalized spacial score (nSPS) is 10.7. The van der Waals surface area contributed by atoms with Crippen molar-refractivity contribution in [1.29, 1.82) is 0 Å². The van der Waals surface area contributed by atoms with E-state index in [1.54, 1.807) is 12.4 Å². The average Bonchev–Trinajstić information content (AvgIpc) is 2.34. The Balaban J connectivity index is 2.43. The maximum atomic E-state index is 5.81. The second kappa shape index (κ2) is 5.04. The number of hydrogen-bond donors (Lipinski definition) is 2. The van der Waals surface area contributed by atoms with Crippen LogP contribution in [0.25, 0.3) is 0 Å². The van der Waals surface area contributed by atoms with Gasteiger partial charge in [-0.2, -0.15) is 0 Å². The van der Waals surface area contributed by atoms with Crippen LogP contribution in [0.2, 0.25) is 0 Å². The molecule has 94 valence electrons. The lowest BCUT2D eigenvalue weighted by atomic mass is 9.98. The number of para-hydroxylation sites is 1. The lowest BCUT2D eigenvalue weighted by molar-refractivity contribution is 0.867. The van der Waals surface area contributed by atoms with Gasteiger partial charge in [0, 0.05) is 18.1 Å². The van der Waals surface area contributed by atoms with Gasteiger partial charge in [0.1, 0.15) is 0 Å². The summed E-state index contributed by atoms with van der Waals surface area (Å²) in [6.07, 6.45) is 3.22. The summed E-state index contributed by atoms with van der Waals surface area (Å²) < 4.78 is 0. The average molecular weight is 242 g/mol. The molecule has 0 bridgehead atoms. The highest BCUT2D eigenvalue weighted by Gasteiger charge is 2.11. The molecule has 0 radical (unpaired) electrons. The second-order valence-electron chi connectivity index (χ2n) is 4.61. The Morgan fingerprint density at radius 2 is 1.89 bits per heavy atom. The monoisotopic (exact) mass is 242 g/mol. The first-order valence-electron chi connectivity index (χ1n) is 6.02. The van der Waals surface area contributed by atoms with Gasteiger partial charge in [0.15, 0.2) is 11.6 Å². The molecule has 0 atom stereocenters. The number of anilines is 3. The summed E-state index contributed by atoms with van der Waals surface area (Å²) in [6.45, 7) is 6.40. The van der Waals surface area contributed by atoms with E-state index < -0.39 is 0 Å². The van der Waals surface area contributed by atoms with Gasteiger partial charge in [-0.3, -0.25) is 0 Å². The summed E-state index contributed by atoms with van der Waals surface area (Å²) in [6, 6.07) is 6.25. The highest BCUT2D eigenvalue weighted by molar-refractivity contribution is 5.70. The Labute approximate surface area is 107 Å². The smallest absolute Gasteiger partial charge is 0.173 e. The first-order valence-corrected chi connectivity index (χ1v) is 6.02. The molecule has 0 saturated heterocycles. The summed E-state index contributed by atoms with van der Waals surface area (Å²) >= 11 is 0. The summed E-state index contributed by atoms with van der Waals surface area (Å²) in [7, 11) is 0. The van der Waals surface area contributed by atoms with Crippen LogP contribution in [0.4, 0.5) is 17.3 Å². The molecule has 2 aromatic rings. The number of hydrogen-bond acceptors (Lipinski definition) is 4. The molecule has 18 heavy (non-hydrogen) atoms. The van der Waals surface area contributed by atoms with E-state index in [2.05, 4.69) is 54.3 Å². The van der Waals surface area contributed by atoms with Gasteiger partial charge in [-0.05, 0) is 24.0 Å². The number of nitrogens with one attached hydrogen (secondary N) is 1. The molecule has 0 fully saturated rings. The van der Waals surface area contributed by atoms with E-state index in [1.807, 2.05) is 0 Å². The Bertz CT molecular complexity index is 549. The fourth-order valence-corrected chi connectivity index (χ4v) is 1.91. The number of nitrogen functional groups attached to an aromatic ring is 1. The fourth-order valence-electron chi connectivity index (χ4n) is 1.91. The first-order chi connectivity index (χ1) is 8.59. The molecule has 0 unspecified atom stereocenters. The van der Waals surface area contributed by atoms with E-state index in [1.165, 1.54) is 11.1 Å². The number of aromatic nitrogens is 2. The van der Waals surface area contributed by atoms with E-state index in [0.29, 0.717) is 17.6 Å². The van der Waals surface area contributed by atoms with Gasteiger partial charge in [0.2, 0.25) is 0 Å². The van der Waals surface area contributed by atoms with E-state index in [4.69, 9.17) is 5.73 Å². The van der Waals surface area contributed by atoms with Crippen LogP contribution in [0.15, 0.2) is 30.6 Å². The van der Waals surface area contributed by atoms with Crippen LogP contribution >= 0.6 is 0 Å². The highest BCUT2D eigenvalue weighted by atomic mass is 15.1. The molecule has 3 N–H and O–H groups in total. The van der Waals surface area contributed by atoms with Crippen molar-refractivity contribution in [1.82, 2.24) is 9.97 Å². The molecule has 1 heterocycles. The standard InChI is InChI=1S/C14H18N4/c1-9(2)11-6-4-5-10(3)12(11)18-14-13(15)16-7-8-17-14/h4-9H,1-3H3,(H2,15,16)(H,17,18). The molecule has 0 amide bonds. The van der Waals surface area contributed by atoms with Crippen LogP contribution in [-0.4, -0.2) is 9.97 Å². The molecule has 0 spiro atoms. The van der Waals surface area contributed by atoms with Crippen molar-refractivity contribution in [3.63, 3.8) is 0 Å². The second-order valence-corrected chi connectivity index (χ2v) is 4.61. The Morgan fingerprint density at radius 1 is 1.17 bits per heavy atom. The highest BCUT2D eigenvalue weighted by Crippen LogP contribution is 2.30. The number of rotatable bonds is 3.